The molecule has 1 saturated heterocycles. The quantitative estimate of drug-likeness (QED) is 0.673. The summed E-state index contributed by atoms with van der Waals surface area (Å²) < 4.78 is 11.3. The summed E-state index contributed by atoms with van der Waals surface area (Å²) in [5.41, 5.74) is -0.0863. The van der Waals surface area contributed by atoms with Gasteiger partial charge in [-0.3, -0.25) is 4.79 Å². The van der Waals surface area contributed by atoms with Crippen LogP contribution in [-0.2, 0) is 9.53 Å². The molecule has 1 amide bonds. The molecule has 0 bridgehead atoms. The van der Waals surface area contributed by atoms with E-state index in [0.29, 0.717) is 6.61 Å². The van der Waals surface area contributed by atoms with Crippen LogP contribution in [0.4, 0.5) is 5.69 Å². The molecule has 0 atom stereocenters. The van der Waals surface area contributed by atoms with Gasteiger partial charge in [-0.2, -0.15) is 0 Å². The average molecular weight is 363 g/mol. The zero-order valence-corrected chi connectivity index (χ0v) is 16.6. The van der Waals surface area contributed by atoms with E-state index in [9.17, 15) is 4.79 Å². The van der Waals surface area contributed by atoms with Crippen molar-refractivity contribution in [3.05, 3.63) is 24.3 Å². The van der Waals surface area contributed by atoms with Crippen LogP contribution in [0.15, 0.2) is 24.3 Å². The predicted molar refractivity (Wildman–Crippen MR) is 106 cm³/mol. The molecule has 0 spiro atoms. The highest BCUT2D eigenvalue weighted by Gasteiger charge is 2.27. The maximum atomic E-state index is 12.2. The van der Waals surface area contributed by atoms with Crippen LogP contribution in [-0.4, -0.2) is 49.3 Å². The summed E-state index contributed by atoms with van der Waals surface area (Å²) in [6.07, 6.45) is 6.44. The molecule has 1 aromatic rings. The van der Waals surface area contributed by atoms with Gasteiger partial charge in [-0.1, -0.05) is 12.8 Å². The first-order valence-corrected chi connectivity index (χ1v) is 9.92. The Morgan fingerprint density at radius 1 is 1.12 bits per heavy atom. The van der Waals surface area contributed by atoms with Crippen molar-refractivity contribution < 1.29 is 14.3 Å². The lowest BCUT2D eigenvalue weighted by Crippen LogP contribution is -2.39. The number of benzene rings is 1. The Hall–Kier alpha value is -1.59. The van der Waals surface area contributed by atoms with Crippen LogP contribution in [0.1, 0.15) is 52.9 Å². The van der Waals surface area contributed by atoms with Crippen molar-refractivity contribution in [2.45, 2.75) is 58.5 Å². The van der Waals surface area contributed by atoms with E-state index in [1.54, 1.807) is 13.8 Å². The molecule has 0 aromatic heterocycles. The molecular weight excluding hydrogens is 328 g/mol. The van der Waals surface area contributed by atoms with Crippen molar-refractivity contribution >= 4 is 11.6 Å². The summed E-state index contributed by atoms with van der Waals surface area (Å²) in [6.45, 7) is 10.2. The Morgan fingerprint density at radius 2 is 1.77 bits per heavy atom. The lowest BCUT2D eigenvalue weighted by atomic mass is 10.1. The molecule has 2 rings (SSSR count). The van der Waals surface area contributed by atoms with Crippen LogP contribution < -0.4 is 10.1 Å². The van der Waals surface area contributed by atoms with E-state index in [1.165, 1.54) is 38.8 Å². The SMILES string of the molecule is CCOC(C)(C)C(=O)Nc1ccc(OCCCN2CCCCCC2)cc1. The summed E-state index contributed by atoms with van der Waals surface area (Å²) in [6, 6.07) is 7.53. The second-order valence-corrected chi connectivity index (χ2v) is 7.38. The molecule has 1 aliphatic heterocycles. The van der Waals surface area contributed by atoms with Gasteiger partial charge in [0.15, 0.2) is 0 Å². The number of hydrogen-bond donors (Lipinski definition) is 1. The van der Waals surface area contributed by atoms with Gasteiger partial charge in [0.1, 0.15) is 11.4 Å². The zero-order valence-electron chi connectivity index (χ0n) is 16.6. The normalized spacial score (nSPS) is 16.1. The van der Waals surface area contributed by atoms with Gasteiger partial charge in [-0.25, -0.2) is 0 Å². The van der Waals surface area contributed by atoms with Crippen molar-refractivity contribution in [1.29, 1.82) is 0 Å². The molecular formula is C21H34N2O3. The standard InChI is InChI=1S/C21H34N2O3/c1-4-26-21(2,3)20(24)22-18-10-12-19(13-11-18)25-17-9-16-23-14-7-5-6-8-15-23/h10-13H,4-9,14-17H2,1-3H3,(H,22,24). The van der Waals surface area contributed by atoms with Crippen LogP contribution in [0.3, 0.4) is 0 Å². The van der Waals surface area contributed by atoms with E-state index < -0.39 is 5.60 Å². The summed E-state index contributed by atoms with van der Waals surface area (Å²) in [5.74, 6) is 0.688. The van der Waals surface area contributed by atoms with E-state index in [0.717, 1.165) is 31.0 Å². The first-order valence-electron chi connectivity index (χ1n) is 9.92. The van der Waals surface area contributed by atoms with Gasteiger partial charge in [0.2, 0.25) is 0 Å². The summed E-state index contributed by atoms with van der Waals surface area (Å²) in [5, 5.41) is 2.88. The molecule has 146 valence electrons. The number of amides is 1. The number of carbonyl (C=O) groups is 1. The third kappa shape index (κ3) is 6.96. The van der Waals surface area contributed by atoms with Crippen LogP contribution >= 0.6 is 0 Å². The van der Waals surface area contributed by atoms with E-state index in [4.69, 9.17) is 9.47 Å². The van der Waals surface area contributed by atoms with E-state index in [2.05, 4.69) is 10.2 Å². The fourth-order valence-corrected chi connectivity index (χ4v) is 3.18. The fourth-order valence-electron chi connectivity index (χ4n) is 3.18. The predicted octanol–water partition coefficient (Wildman–Crippen LogP) is 4.09. The molecule has 1 heterocycles. The minimum Gasteiger partial charge on any atom is -0.494 e. The van der Waals surface area contributed by atoms with Gasteiger partial charge in [0.05, 0.1) is 6.61 Å². The molecule has 1 aliphatic rings. The molecule has 0 unspecified atom stereocenters. The van der Waals surface area contributed by atoms with Crippen molar-refractivity contribution in [3.63, 3.8) is 0 Å². The lowest BCUT2D eigenvalue weighted by molar-refractivity contribution is -0.136. The summed E-state index contributed by atoms with van der Waals surface area (Å²) in [4.78, 5) is 14.8. The Balaban J connectivity index is 1.70. The number of ether oxygens (including phenoxy) is 2. The number of likely N-dealkylation sites (tertiary alicyclic amines) is 1. The van der Waals surface area contributed by atoms with Gasteiger partial charge >= 0.3 is 0 Å². The first-order chi connectivity index (χ1) is 12.5. The average Bonchev–Trinajstić information content (AvgIpc) is 2.89. The monoisotopic (exact) mass is 362 g/mol. The van der Waals surface area contributed by atoms with Crippen LogP contribution in [0.2, 0.25) is 0 Å². The molecule has 0 radical (unpaired) electrons. The van der Waals surface area contributed by atoms with Gasteiger partial charge in [0.25, 0.3) is 5.91 Å². The summed E-state index contributed by atoms with van der Waals surface area (Å²) >= 11 is 0. The van der Waals surface area contributed by atoms with Crippen molar-refractivity contribution in [2.24, 2.45) is 0 Å². The van der Waals surface area contributed by atoms with Gasteiger partial charge in [0, 0.05) is 18.8 Å². The van der Waals surface area contributed by atoms with E-state index >= 15 is 0 Å². The smallest absolute Gasteiger partial charge is 0.256 e. The molecule has 0 aliphatic carbocycles. The maximum absolute atomic E-state index is 12.2. The Bertz CT molecular complexity index is 535. The molecule has 5 nitrogen and oxygen atoms in total. The Labute approximate surface area is 158 Å². The number of nitrogens with zero attached hydrogens (tertiary/aromatic N) is 1. The molecule has 1 fully saturated rings. The number of carbonyl (C=O) groups excluding carboxylic acids is 1. The minimum absolute atomic E-state index is 0.148. The highest BCUT2D eigenvalue weighted by atomic mass is 16.5. The van der Waals surface area contributed by atoms with E-state index in [1.807, 2.05) is 31.2 Å². The first kappa shape index (κ1) is 20.7. The van der Waals surface area contributed by atoms with Gasteiger partial charge in [-0.15, -0.1) is 0 Å². The number of hydrogen-bond acceptors (Lipinski definition) is 4. The number of rotatable bonds is 9. The maximum Gasteiger partial charge on any atom is 0.256 e. The zero-order chi connectivity index (χ0) is 18.8. The largest absolute Gasteiger partial charge is 0.494 e. The van der Waals surface area contributed by atoms with E-state index in [-0.39, 0.29) is 5.91 Å². The second-order valence-electron chi connectivity index (χ2n) is 7.38. The molecule has 1 N–H and O–H groups in total. The van der Waals surface area contributed by atoms with Crippen molar-refractivity contribution in [2.75, 3.05) is 38.2 Å². The topological polar surface area (TPSA) is 50.8 Å². The number of anilines is 1. The Morgan fingerprint density at radius 3 is 2.38 bits per heavy atom. The number of nitrogens with one attached hydrogen (secondary N) is 1. The molecule has 1 aromatic carbocycles. The van der Waals surface area contributed by atoms with Crippen LogP contribution in [0.5, 0.6) is 5.75 Å². The highest BCUT2D eigenvalue weighted by Crippen LogP contribution is 2.19. The summed E-state index contributed by atoms with van der Waals surface area (Å²) in [7, 11) is 0. The molecule has 26 heavy (non-hydrogen) atoms. The van der Waals surface area contributed by atoms with Gasteiger partial charge < -0.3 is 19.7 Å². The molecule has 0 saturated carbocycles. The third-order valence-electron chi connectivity index (χ3n) is 4.75. The molecule has 5 heteroatoms. The second kappa shape index (κ2) is 10.5. The third-order valence-corrected chi connectivity index (χ3v) is 4.75. The van der Waals surface area contributed by atoms with Crippen LogP contribution in [0.25, 0.3) is 0 Å². The van der Waals surface area contributed by atoms with Crippen LogP contribution in [0, 0.1) is 0 Å². The lowest BCUT2D eigenvalue weighted by Gasteiger charge is -2.23. The fraction of sp³-hybridized carbons (Fsp3) is 0.667. The van der Waals surface area contributed by atoms with Crippen molar-refractivity contribution in [1.82, 2.24) is 4.90 Å². The minimum atomic E-state index is -0.836. The van der Waals surface area contributed by atoms with Gasteiger partial charge in [-0.05, 0) is 77.4 Å². The highest BCUT2D eigenvalue weighted by molar-refractivity contribution is 5.96. The van der Waals surface area contributed by atoms with Crippen molar-refractivity contribution in [3.8, 4) is 5.75 Å². The Kier molecular flexibility index (Phi) is 8.39.